The number of ether oxygens (including phenoxy) is 1. The number of anilines is 2. The molecule has 0 saturated carbocycles. The lowest BCUT2D eigenvalue weighted by atomic mass is 10.2. The van der Waals surface area contributed by atoms with Gasteiger partial charge in [-0.25, -0.2) is 24.5 Å². The summed E-state index contributed by atoms with van der Waals surface area (Å²) in [6, 6.07) is 11.5. The van der Waals surface area contributed by atoms with Gasteiger partial charge in [-0.3, -0.25) is 4.90 Å². The molecule has 0 aliphatic carbocycles. The Morgan fingerprint density at radius 1 is 0.975 bits per heavy atom. The van der Waals surface area contributed by atoms with Gasteiger partial charge < -0.3 is 24.7 Å². The van der Waals surface area contributed by atoms with Gasteiger partial charge in [0.2, 0.25) is 0 Å². The van der Waals surface area contributed by atoms with Crippen molar-refractivity contribution in [2.24, 2.45) is 0 Å². The maximum atomic E-state index is 10.6. The molecule has 0 aromatic carbocycles. The number of nitrogens with one attached hydrogen (secondary N) is 1. The van der Waals surface area contributed by atoms with Gasteiger partial charge in [-0.2, -0.15) is 26.3 Å². The highest BCUT2D eigenvalue weighted by atomic mass is 19.4. The minimum Gasteiger partial charge on any atom is -0.475 e. The third kappa shape index (κ3) is 10.9. The molecule has 3 aromatic rings. The minimum atomic E-state index is -5.08. The van der Waals surface area contributed by atoms with Crippen molar-refractivity contribution in [1.29, 1.82) is 0 Å². The van der Waals surface area contributed by atoms with Crippen molar-refractivity contribution in [3.05, 3.63) is 66.1 Å². The SMILES string of the molecule is Cc1ccc(CN2CCOCC2c2nccc(Nc3ccccn3)n2)o1.O=C(O)C(F)(F)F.O=C(O)C(F)(F)F. The molecule has 40 heavy (non-hydrogen) atoms. The average Bonchev–Trinajstić information content (AvgIpc) is 3.29. The summed E-state index contributed by atoms with van der Waals surface area (Å²) in [6.45, 7) is 4.74. The number of carboxylic acid groups (broad SMARTS) is 2. The van der Waals surface area contributed by atoms with Crippen molar-refractivity contribution in [2.45, 2.75) is 31.9 Å². The van der Waals surface area contributed by atoms with Crippen LogP contribution in [0.25, 0.3) is 0 Å². The molecule has 0 bridgehead atoms. The van der Waals surface area contributed by atoms with Crippen molar-refractivity contribution in [3.63, 3.8) is 0 Å². The smallest absolute Gasteiger partial charge is 0.475 e. The fraction of sp³-hybridized carbons (Fsp3) is 0.348. The molecule has 1 aliphatic rings. The molecule has 1 aliphatic heterocycles. The molecule has 1 fully saturated rings. The number of morpholine rings is 1. The van der Waals surface area contributed by atoms with E-state index in [4.69, 9.17) is 29.0 Å². The van der Waals surface area contributed by atoms with Crippen LogP contribution in [0.1, 0.15) is 23.4 Å². The number of carbonyl (C=O) groups is 2. The van der Waals surface area contributed by atoms with Crippen molar-refractivity contribution < 1.29 is 55.3 Å². The van der Waals surface area contributed by atoms with Gasteiger partial charge in [-0.05, 0) is 37.3 Å². The Kier molecular flexibility index (Phi) is 11.4. The van der Waals surface area contributed by atoms with E-state index in [-0.39, 0.29) is 6.04 Å². The summed E-state index contributed by atoms with van der Waals surface area (Å²) in [6.07, 6.45) is -6.66. The van der Waals surface area contributed by atoms with Crippen LogP contribution in [0.4, 0.5) is 38.0 Å². The number of pyridine rings is 1. The van der Waals surface area contributed by atoms with Crippen molar-refractivity contribution in [2.75, 3.05) is 25.1 Å². The Morgan fingerprint density at radius 3 is 2.15 bits per heavy atom. The number of hydrogen-bond acceptors (Lipinski definition) is 9. The monoisotopic (exact) mass is 579 g/mol. The molecule has 1 saturated heterocycles. The predicted molar refractivity (Wildman–Crippen MR) is 124 cm³/mol. The van der Waals surface area contributed by atoms with Gasteiger partial charge in [0, 0.05) is 18.9 Å². The van der Waals surface area contributed by atoms with E-state index in [0.717, 1.165) is 29.7 Å². The van der Waals surface area contributed by atoms with Crippen LogP contribution in [-0.4, -0.2) is 74.1 Å². The molecule has 0 amide bonds. The summed E-state index contributed by atoms with van der Waals surface area (Å²) >= 11 is 0. The van der Waals surface area contributed by atoms with Crippen molar-refractivity contribution in [3.8, 4) is 0 Å². The molecule has 218 valence electrons. The number of hydrogen-bond donors (Lipinski definition) is 3. The number of halogens is 6. The second-order valence-corrected chi connectivity index (χ2v) is 7.82. The Bertz CT molecular complexity index is 1210. The van der Waals surface area contributed by atoms with Crippen LogP contribution >= 0.6 is 0 Å². The first kappa shape index (κ1) is 32.0. The van der Waals surface area contributed by atoms with Gasteiger partial charge in [0.1, 0.15) is 29.0 Å². The highest BCUT2D eigenvalue weighted by Gasteiger charge is 2.38. The van der Waals surface area contributed by atoms with Gasteiger partial charge in [-0.15, -0.1) is 0 Å². The number of aliphatic carboxylic acids is 2. The summed E-state index contributed by atoms with van der Waals surface area (Å²) in [7, 11) is 0. The minimum absolute atomic E-state index is 0.0142. The van der Waals surface area contributed by atoms with E-state index < -0.39 is 24.3 Å². The van der Waals surface area contributed by atoms with Crippen LogP contribution in [0.2, 0.25) is 0 Å². The third-order valence-corrected chi connectivity index (χ3v) is 4.77. The van der Waals surface area contributed by atoms with Gasteiger partial charge in [0.15, 0.2) is 0 Å². The summed E-state index contributed by atoms with van der Waals surface area (Å²) in [5.41, 5.74) is 0. The lowest BCUT2D eigenvalue weighted by molar-refractivity contribution is -0.193. The first-order valence-corrected chi connectivity index (χ1v) is 11.1. The highest BCUT2D eigenvalue weighted by molar-refractivity contribution is 5.73. The molecular weight excluding hydrogens is 556 g/mol. The summed E-state index contributed by atoms with van der Waals surface area (Å²) in [4.78, 5) is 33.5. The second kappa shape index (κ2) is 14.2. The molecule has 3 N–H and O–H groups in total. The van der Waals surface area contributed by atoms with Crippen LogP contribution in [0.3, 0.4) is 0 Å². The van der Waals surface area contributed by atoms with Crippen molar-refractivity contribution >= 4 is 23.6 Å². The molecular formula is C23H23F6N5O6. The Balaban J connectivity index is 0.000000333. The van der Waals surface area contributed by atoms with Gasteiger partial charge in [0.25, 0.3) is 0 Å². The van der Waals surface area contributed by atoms with Gasteiger partial charge >= 0.3 is 24.3 Å². The predicted octanol–water partition coefficient (Wildman–Crippen LogP) is 4.36. The molecule has 0 spiro atoms. The van der Waals surface area contributed by atoms with Gasteiger partial charge in [-0.1, -0.05) is 6.07 Å². The standard InChI is InChI=1S/C19H21N5O2.2C2HF3O2/c1-14-5-6-15(26-14)12-24-10-11-25-13-16(24)19-21-9-7-18(23-19)22-17-4-2-3-8-20-17;2*3-2(4,5)1(6)7/h2-9,16H,10-13H2,1H3,(H,20,21,22,23);2*(H,6,7). The molecule has 17 heteroatoms. The van der Waals surface area contributed by atoms with E-state index in [0.29, 0.717) is 25.6 Å². The maximum Gasteiger partial charge on any atom is 0.490 e. The first-order chi connectivity index (χ1) is 18.7. The topological polar surface area (TPSA) is 151 Å². The Hall–Kier alpha value is -4.25. The zero-order valence-electron chi connectivity index (χ0n) is 20.6. The number of aryl methyl sites for hydroxylation is 1. The maximum absolute atomic E-state index is 10.6. The number of aromatic nitrogens is 3. The molecule has 1 unspecified atom stereocenters. The van der Waals surface area contributed by atoms with Crippen LogP contribution in [0.5, 0.6) is 0 Å². The number of rotatable bonds is 5. The largest absolute Gasteiger partial charge is 0.490 e. The summed E-state index contributed by atoms with van der Waals surface area (Å²) in [5.74, 6) is -1.46. The zero-order valence-corrected chi connectivity index (χ0v) is 20.6. The van der Waals surface area contributed by atoms with E-state index in [9.17, 15) is 26.3 Å². The normalized spacial score (nSPS) is 15.6. The second-order valence-electron chi connectivity index (χ2n) is 7.82. The average molecular weight is 579 g/mol. The van der Waals surface area contributed by atoms with E-state index >= 15 is 0 Å². The summed E-state index contributed by atoms with van der Waals surface area (Å²) in [5, 5.41) is 17.5. The fourth-order valence-electron chi connectivity index (χ4n) is 3.01. The molecule has 0 radical (unpaired) electrons. The molecule has 4 heterocycles. The Morgan fingerprint density at radius 2 is 1.62 bits per heavy atom. The van der Waals surface area contributed by atoms with Crippen LogP contribution < -0.4 is 5.32 Å². The molecule has 4 rings (SSSR count). The number of furan rings is 1. The van der Waals surface area contributed by atoms with E-state index in [2.05, 4.69) is 25.2 Å². The van der Waals surface area contributed by atoms with E-state index in [1.807, 2.05) is 43.3 Å². The third-order valence-electron chi connectivity index (χ3n) is 4.77. The molecule has 3 aromatic heterocycles. The van der Waals surface area contributed by atoms with Gasteiger partial charge in [0.05, 0.1) is 25.8 Å². The lowest BCUT2D eigenvalue weighted by Crippen LogP contribution is -2.39. The van der Waals surface area contributed by atoms with Crippen LogP contribution in [0.15, 0.2) is 53.2 Å². The molecule has 1 atom stereocenters. The van der Waals surface area contributed by atoms with Crippen molar-refractivity contribution in [1.82, 2.24) is 19.9 Å². The van der Waals surface area contributed by atoms with E-state index in [1.165, 1.54) is 0 Å². The van der Waals surface area contributed by atoms with Crippen LogP contribution in [-0.2, 0) is 20.9 Å². The first-order valence-electron chi connectivity index (χ1n) is 11.1. The number of nitrogens with zero attached hydrogens (tertiary/aromatic N) is 4. The Labute approximate surface area is 222 Å². The molecule has 11 nitrogen and oxygen atoms in total. The summed E-state index contributed by atoms with van der Waals surface area (Å²) < 4.78 is 74.9. The van der Waals surface area contributed by atoms with Crippen LogP contribution in [0, 0.1) is 6.92 Å². The van der Waals surface area contributed by atoms with E-state index in [1.54, 1.807) is 12.4 Å². The lowest BCUT2D eigenvalue weighted by Gasteiger charge is -2.33. The highest BCUT2D eigenvalue weighted by Crippen LogP contribution is 2.25. The number of alkyl halides is 6. The zero-order chi connectivity index (χ0) is 29.9. The quantitative estimate of drug-likeness (QED) is 0.370. The fourth-order valence-corrected chi connectivity index (χ4v) is 3.01. The number of carboxylic acids is 2.